The van der Waals surface area contributed by atoms with E-state index in [9.17, 15) is 14.7 Å². The number of aliphatic hydroxyl groups is 1. The van der Waals surface area contributed by atoms with Gasteiger partial charge in [0.05, 0.1) is 25.2 Å². The maximum absolute atomic E-state index is 11.1. The van der Waals surface area contributed by atoms with Gasteiger partial charge in [-0.3, -0.25) is 9.59 Å². The first-order valence-corrected chi connectivity index (χ1v) is 12.8. The summed E-state index contributed by atoms with van der Waals surface area (Å²) >= 11 is 0. The molecule has 0 fully saturated rings. The van der Waals surface area contributed by atoms with Gasteiger partial charge in [0.2, 0.25) is 0 Å². The number of carboxylic acids is 2. The normalized spacial score (nSPS) is 14.8. The SMILES string of the molecule is COCCCOc1cc(C[C@@H](C[C@H](N)[C@@H](O)C[C@@H](C)C(=O)O)C(C)C)ccc1OCCCCC(=O)O. The van der Waals surface area contributed by atoms with E-state index < -0.39 is 30.0 Å². The van der Waals surface area contributed by atoms with Gasteiger partial charge in [0.25, 0.3) is 0 Å². The number of rotatable bonds is 20. The Morgan fingerprint density at radius 3 is 2.22 bits per heavy atom. The van der Waals surface area contributed by atoms with Crippen LogP contribution in [0.25, 0.3) is 0 Å². The molecule has 0 radical (unpaired) electrons. The molecule has 0 heterocycles. The third-order valence-electron chi connectivity index (χ3n) is 6.33. The number of unbranched alkanes of at least 4 members (excludes halogenated alkanes) is 1. The minimum Gasteiger partial charge on any atom is -0.490 e. The van der Waals surface area contributed by atoms with Crippen LogP contribution in [0.5, 0.6) is 11.5 Å². The summed E-state index contributed by atoms with van der Waals surface area (Å²) in [6.07, 6.45) is 2.56. The van der Waals surface area contributed by atoms with Crippen LogP contribution in [0.2, 0.25) is 0 Å². The van der Waals surface area contributed by atoms with Crippen LogP contribution in [0.4, 0.5) is 0 Å². The smallest absolute Gasteiger partial charge is 0.306 e. The Morgan fingerprint density at radius 1 is 0.944 bits per heavy atom. The molecule has 1 aromatic rings. The number of nitrogens with two attached hydrogens (primary N) is 1. The second-order valence-electron chi connectivity index (χ2n) is 9.83. The highest BCUT2D eigenvalue weighted by Gasteiger charge is 2.26. The molecule has 5 N–H and O–H groups in total. The molecule has 0 aliphatic carbocycles. The largest absolute Gasteiger partial charge is 0.490 e. The Balaban J connectivity index is 2.87. The molecule has 36 heavy (non-hydrogen) atoms. The molecule has 0 aliphatic heterocycles. The van der Waals surface area contributed by atoms with E-state index in [0.29, 0.717) is 56.5 Å². The third-order valence-corrected chi connectivity index (χ3v) is 6.33. The maximum Gasteiger partial charge on any atom is 0.306 e. The molecule has 0 bridgehead atoms. The summed E-state index contributed by atoms with van der Waals surface area (Å²) in [5.41, 5.74) is 7.32. The van der Waals surface area contributed by atoms with Crippen molar-refractivity contribution in [3.8, 4) is 11.5 Å². The van der Waals surface area contributed by atoms with Gasteiger partial charge >= 0.3 is 11.9 Å². The average molecular weight is 512 g/mol. The van der Waals surface area contributed by atoms with Crippen molar-refractivity contribution in [2.75, 3.05) is 26.9 Å². The topological polar surface area (TPSA) is 149 Å². The summed E-state index contributed by atoms with van der Waals surface area (Å²) in [5.74, 6) is -0.687. The van der Waals surface area contributed by atoms with Crippen molar-refractivity contribution in [3.63, 3.8) is 0 Å². The molecule has 0 aliphatic rings. The molecule has 1 aromatic carbocycles. The first-order valence-electron chi connectivity index (χ1n) is 12.8. The molecule has 0 amide bonds. The molecule has 4 atom stereocenters. The molecule has 0 saturated carbocycles. The summed E-state index contributed by atoms with van der Waals surface area (Å²) in [7, 11) is 1.64. The number of hydrogen-bond acceptors (Lipinski definition) is 7. The zero-order chi connectivity index (χ0) is 27.1. The van der Waals surface area contributed by atoms with Crippen molar-refractivity contribution in [3.05, 3.63) is 23.8 Å². The van der Waals surface area contributed by atoms with Gasteiger partial charge in [0.1, 0.15) is 0 Å². The van der Waals surface area contributed by atoms with Gasteiger partial charge < -0.3 is 35.3 Å². The number of ether oxygens (including phenoxy) is 3. The van der Waals surface area contributed by atoms with E-state index in [1.807, 2.05) is 18.2 Å². The van der Waals surface area contributed by atoms with Crippen molar-refractivity contribution < 1.29 is 39.1 Å². The van der Waals surface area contributed by atoms with Crippen molar-refractivity contribution >= 4 is 11.9 Å². The van der Waals surface area contributed by atoms with Crippen LogP contribution in [0, 0.1) is 17.8 Å². The highest BCUT2D eigenvalue weighted by molar-refractivity contribution is 5.69. The van der Waals surface area contributed by atoms with Crippen LogP contribution in [0.1, 0.15) is 64.9 Å². The minimum absolute atomic E-state index is 0.116. The number of methoxy groups -OCH3 is 1. The lowest BCUT2D eigenvalue weighted by Gasteiger charge is -2.28. The average Bonchev–Trinajstić information content (AvgIpc) is 2.81. The Labute approximate surface area is 214 Å². The van der Waals surface area contributed by atoms with Crippen molar-refractivity contribution in [2.24, 2.45) is 23.5 Å². The van der Waals surface area contributed by atoms with Crippen LogP contribution in [-0.2, 0) is 20.7 Å². The van der Waals surface area contributed by atoms with Gasteiger partial charge in [0.15, 0.2) is 11.5 Å². The van der Waals surface area contributed by atoms with E-state index in [-0.39, 0.29) is 18.8 Å². The van der Waals surface area contributed by atoms with Crippen LogP contribution >= 0.6 is 0 Å². The zero-order valence-electron chi connectivity index (χ0n) is 22.2. The number of benzene rings is 1. The number of carbonyl (C=O) groups is 2. The molecule has 0 spiro atoms. The quantitative estimate of drug-likeness (QED) is 0.192. The molecule has 1 rings (SSSR count). The lowest BCUT2D eigenvalue weighted by Crippen LogP contribution is -2.39. The van der Waals surface area contributed by atoms with Crippen LogP contribution in [0.15, 0.2) is 18.2 Å². The molecule has 206 valence electrons. The zero-order valence-corrected chi connectivity index (χ0v) is 22.2. The molecule has 0 unspecified atom stereocenters. The van der Waals surface area contributed by atoms with Crippen molar-refractivity contribution in [2.45, 2.75) is 77.9 Å². The fraction of sp³-hybridized carbons (Fsp3) is 0.704. The number of aliphatic hydroxyl groups excluding tert-OH is 1. The lowest BCUT2D eigenvalue weighted by atomic mass is 9.82. The van der Waals surface area contributed by atoms with Gasteiger partial charge in [0, 0.05) is 32.6 Å². The highest BCUT2D eigenvalue weighted by Crippen LogP contribution is 2.32. The van der Waals surface area contributed by atoms with E-state index >= 15 is 0 Å². The summed E-state index contributed by atoms with van der Waals surface area (Å²) in [4.78, 5) is 21.8. The van der Waals surface area contributed by atoms with E-state index in [1.54, 1.807) is 14.0 Å². The standard InChI is InChI=1S/C27H45NO8/c1-18(2)21(17-22(28)23(29)14-19(3)27(32)33)15-20-9-10-24(35-12-6-5-8-26(30)31)25(16-20)36-13-7-11-34-4/h9-10,16,18-19,21-23,29H,5-8,11-15,17,28H2,1-4H3,(H,30,31)(H,32,33)/t19-,21+,22+,23+/m1/s1. The molecular weight excluding hydrogens is 466 g/mol. The fourth-order valence-electron chi connectivity index (χ4n) is 3.90. The highest BCUT2D eigenvalue weighted by atomic mass is 16.5. The van der Waals surface area contributed by atoms with Gasteiger partial charge in [-0.2, -0.15) is 0 Å². The number of aliphatic carboxylic acids is 2. The Morgan fingerprint density at radius 2 is 1.61 bits per heavy atom. The van der Waals surface area contributed by atoms with Gasteiger partial charge in [-0.15, -0.1) is 0 Å². The van der Waals surface area contributed by atoms with Crippen LogP contribution in [-0.4, -0.2) is 66.3 Å². The second kappa shape index (κ2) is 17.2. The Hall–Kier alpha value is -2.36. The maximum atomic E-state index is 11.1. The van der Waals surface area contributed by atoms with Gasteiger partial charge in [-0.25, -0.2) is 0 Å². The molecular formula is C27H45NO8. The van der Waals surface area contributed by atoms with Crippen molar-refractivity contribution in [1.82, 2.24) is 0 Å². The van der Waals surface area contributed by atoms with E-state index in [2.05, 4.69) is 13.8 Å². The summed E-state index contributed by atoms with van der Waals surface area (Å²) < 4.78 is 17.0. The Bertz CT molecular complexity index is 785. The summed E-state index contributed by atoms with van der Waals surface area (Å²) in [6, 6.07) is 5.30. The van der Waals surface area contributed by atoms with E-state index in [1.165, 1.54) is 0 Å². The predicted octanol–water partition coefficient (Wildman–Crippen LogP) is 3.74. The monoisotopic (exact) mass is 511 g/mol. The van der Waals surface area contributed by atoms with Crippen LogP contribution in [0.3, 0.4) is 0 Å². The summed E-state index contributed by atoms with van der Waals surface area (Å²) in [5, 5.41) is 28.3. The van der Waals surface area contributed by atoms with Crippen LogP contribution < -0.4 is 15.2 Å². The Kier molecular flexibility index (Phi) is 15.1. The number of hydrogen-bond donors (Lipinski definition) is 4. The van der Waals surface area contributed by atoms with E-state index in [0.717, 1.165) is 18.4 Å². The van der Waals surface area contributed by atoms with Gasteiger partial charge in [-0.05, 0) is 61.6 Å². The predicted molar refractivity (Wildman–Crippen MR) is 137 cm³/mol. The first-order chi connectivity index (χ1) is 17.0. The molecule has 0 saturated heterocycles. The molecule has 9 nitrogen and oxygen atoms in total. The molecule has 9 heteroatoms. The number of carboxylic acid groups (broad SMARTS) is 2. The van der Waals surface area contributed by atoms with Gasteiger partial charge in [-0.1, -0.05) is 26.8 Å². The summed E-state index contributed by atoms with van der Waals surface area (Å²) in [6.45, 7) is 7.25. The fourth-order valence-corrected chi connectivity index (χ4v) is 3.90. The minimum atomic E-state index is -0.941. The third kappa shape index (κ3) is 12.6. The second-order valence-corrected chi connectivity index (χ2v) is 9.83. The lowest BCUT2D eigenvalue weighted by molar-refractivity contribution is -0.142. The van der Waals surface area contributed by atoms with Crippen molar-refractivity contribution in [1.29, 1.82) is 0 Å². The molecule has 0 aromatic heterocycles. The van der Waals surface area contributed by atoms with E-state index in [4.69, 9.17) is 30.2 Å². The first kappa shape index (κ1) is 31.7.